The lowest BCUT2D eigenvalue weighted by atomic mass is 9.96. The first-order valence-corrected chi connectivity index (χ1v) is 9.08. The highest BCUT2D eigenvalue weighted by atomic mass is 32.2. The van der Waals surface area contributed by atoms with Gasteiger partial charge in [0, 0.05) is 13.1 Å². The van der Waals surface area contributed by atoms with Gasteiger partial charge in [0.15, 0.2) is 0 Å². The van der Waals surface area contributed by atoms with Gasteiger partial charge in [0.25, 0.3) is 5.91 Å². The Labute approximate surface area is 130 Å². The Morgan fingerprint density at radius 1 is 1.14 bits per heavy atom. The highest BCUT2D eigenvalue weighted by molar-refractivity contribution is 7.87. The number of para-hydroxylation sites is 1. The van der Waals surface area contributed by atoms with Gasteiger partial charge in [-0.05, 0) is 44.2 Å². The van der Waals surface area contributed by atoms with Gasteiger partial charge < -0.3 is 4.74 Å². The molecular weight excluding hydrogens is 304 g/mol. The number of hydrogen-bond donors (Lipinski definition) is 1. The first kappa shape index (κ1) is 15.3. The number of benzene rings is 1. The van der Waals surface area contributed by atoms with Gasteiger partial charge in [-0.2, -0.15) is 12.7 Å². The minimum Gasteiger partial charge on any atom is -0.490 e. The first-order valence-electron chi connectivity index (χ1n) is 7.64. The summed E-state index contributed by atoms with van der Waals surface area (Å²) in [6.45, 7) is 0.922. The first-order chi connectivity index (χ1) is 10.6. The largest absolute Gasteiger partial charge is 0.490 e. The molecule has 1 aliphatic carbocycles. The molecule has 2 aliphatic rings. The molecule has 1 saturated heterocycles. The lowest BCUT2D eigenvalue weighted by molar-refractivity contribution is 0.0952. The molecule has 0 atom stereocenters. The van der Waals surface area contributed by atoms with Crippen LogP contribution < -0.4 is 9.46 Å². The van der Waals surface area contributed by atoms with Crippen molar-refractivity contribution >= 4 is 16.1 Å². The van der Waals surface area contributed by atoms with Crippen LogP contribution in [0.4, 0.5) is 0 Å². The fourth-order valence-electron chi connectivity index (χ4n) is 2.59. The number of nitrogens with one attached hydrogen (secondary N) is 1. The number of amides is 1. The van der Waals surface area contributed by atoms with Crippen molar-refractivity contribution in [1.82, 2.24) is 9.03 Å². The molecule has 6 nitrogen and oxygen atoms in total. The highest BCUT2D eigenvalue weighted by Gasteiger charge is 2.29. The van der Waals surface area contributed by atoms with Crippen LogP contribution in [0.5, 0.6) is 5.75 Å². The van der Waals surface area contributed by atoms with Gasteiger partial charge in [0.1, 0.15) is 5.75 Å². The topological polar surface area (TPSA) is 75.7 Å². The molecular formula is C15H20N2O4S. The minimum absolute atomic E-state index is 0.129. The number of carbonyl (C=O) groups is 1. The zero-order valence-corrected chi connectivity index (χ0v) is 13.1. The van der Waals surface area contributed by atoms with Crippen molar-refractivity contribution in [3.63, 3.8) is 0 Å². The summed E-state index contributed by atoms with van der Waals surface area (Å²) in [6.07, 6.45) is 4.86. The highest BCUT2D eigenvalue weighted by Crippen LogP contribution is 2.27. The van der Waals surface area contributed by atoms with Crippen LogP contribution in [0.1, 0.15) is 42.5 Å². The van der Waals surface area contributed by atoms with Crippen molar-refractivity contribution in [3.05, 3.63) is 29.8 Å². The SMILES string of the molecule is O=C(NS(=O)(=O)N1CCCC1)c1ccccc1OC1CCC1. The Hall–Kier alpha value is -1.60. The van der Waals surface area contributed by atoms with Gasteiger partial charge >= 0.3 is 10.2 Å². The normalized spacial score (nSPS) is 19.6. The lowest BCUT2D eigenvalue weighted by Gasteiger charge is -2.27. The maximum absolute atomic E-state index is 12.3. The van der Waals surface area contributed by atoms with E-state index in [-0.39, 0.29) is 11.7 Å². The Kier molecular flexibility index (Phi) is 4.35. The van der Waals surface area contributed by atoms with Crippen LogP contribution >= 0.6 is 0 Å². The van der Waals surface area contributed by atoms with Crippen LogP contribution in [0.3, 0.4) is 0 Å². The maximum Gasteiger partial charge on any atom is 0.304 e. The number of rotatable bonds is 5. The second-order valence-electron chi connectivity index (χ2n) is 5.71. The summed E-state index contributed by atoms with van der Waals surface area (Å²) in [4.78, 5) is 12.3. The van der Waals surface area contributed by atoms with E-state index in [1.54, 1.807) is 24.3 Å². The van der Waals surface area contributed by atoms with E-state index in [9.17, 15) is 13.2 Å². The second kappa shape index (κ2) is 6.26. The molecule has 1 saturated carbocycles. The average Bonchev–Trinajstić information content (AvgIpc) is 2.98. The molecule has 120 valence electrons. The molecule has 0 aromatic heterocycles. The van der Waals surface area contributed by atoms with Crippen molar-refractivity contribution in [2.75, 3.05) is 13.1 Å². The monoisotopic (exact) mass is 324 g/mol. The molecule has 1 aliphatic heterocycles. The van der Waals surface area contributed by atoms with E-state index in [4.69, 9.17) is 4.74 Å². The van der Waals surface area contributed by atoms with Crippen molar-refractivity contribution in [3.8, 4) is 5.75 Å². The third-order valence-corrected chi connectivity index (χ3v) is 5.59. The van der Waals surface area contributed by atoms with Gasteiger partial charge in [-0.1, -0.05) is 12.1 Å². The Bertz CT molecular complexity index is 649. The second-order valence-corrected chi connectivity index (χ2v) is 7.38. The van der Waals surface area contributed by atoms with E-state index in [0.717, 1.165) is 32.1 Å². The third-order valence-electron chi connectivity index (χ3n) is 4.10. The Morgan fingerprint density at radius 2 is 1.82 bits per heavy atom. The summed E-state index contributed by atoms with van der Waals surface area (Å²) in [5, 5.41) is 0. The van der Waals surface area contributed by atoms with Crippen LogP contribution in [-0.4, -0.2) is 37.8 Å². The molecule has 1 aromatic rings. The zero-order chi connectivity index (χ0) is 15.6. The number of hydrogen-bond acceptors (Lipinski definition) is 4. The van der Waals surface area contributed by atoms with E-state index in [1.165, 1.54) is 4.31 Å². The molecule has 7 heteroatoms. The summed E-state index contributed by atoms with van der Waals surface area (Å²) in [6, 6.07) is 6.77. The Balaban J connectivity index is 1.74. The summed E-state index contributed by atoms with van der Waals surface area (Å²) in [5.74, 6) is -0.192. The molecule has 1 N–H and O–H groups in total. The molecule has 0 bridgehead atoms. The summed E-state index contributed by atoms with van der Waals surface area (Å²) >= 11 is 0. The average molecular weight is 324 g/mol. The summed E-state index contributed by atoms with van der Waals surface area (Å²) in [7, 11) is -3.77. The fourth-order valence-corrected chi connectivity index (χ4v) is 3.80. The Morgan fingerprint density at radius 3 is 2.45 bits per heavy atom. The van der Waals surface area contributed by atoms with Crippen molar-refractivity contribution < 1.29 is 17.9 Å². The van der Waals surface area contributed by atoms with Crippen molar-refractivity contribution in [2.45, 2.75) is 38.2 Å². The van der Waals surface area contributed by atoms with Crippen molar-refractivity contribution in [2.24, 2.45) is 0 Å². The van der Waals surface area contributed by atoms with Crippen LogP contribution in [-0.2, 0) is 10.2 Å². The summed E-state index contributed by atoms with van der Waals surface area (Å²) in [5.41, 5.74) is 0.261. The smallest absolute Gasteiger partial charge is 0.304 e. The maximum atomic E-state index is 12.3. The van der Waals surface area contributed by atoms with E-state index >= 15 is 0 Å². The van der Waals surface area contributed by atoms with Gasteiger partial charge in [-0.15, -0.1) is 0 Å². The molecule has 2 fully saturated rings. The van der Waals surface area contributed by atoms with E-state index in [0.29, 0.717) is 18.8 Å². The molecule has 1 aromatic carbocycles. The zero-order valence-electron chi connectivity index (χ0n) is 12.3. The third kappa shape index (κ3) is 3.25. The van der Waals surface area contributed by atoms with Gasteiger partial charge in [-0.25, -0.2) is 4.72 Å². The van der Waals surface area contributed by atoms with Crippen LogP contribution in [0.15, 0.2) is 24.3 Å². The molecule has 0 spiro atoms. The van der Waals surface area contributed by atoms with E-state index in [1.807, 2.05) is 0 Å². The van der Waals surface area contributed by atoms with Crippen LogP contribution in [0, 0.1) is 0 Å². The van der Waals surface area contributed by atoms with Crippen molar-refractivity contribution in [1.29, 1.82) is 0 Å². The standard InChI is InChI=1S/C15H20N2O4S/c18-15(16-22(19,20)17-10-3-4-11-17)13-8-1-2-9-14(13)21-12-6-5-7-12/h1-2,8-9,12H,3-7,10-11H2,(H,16,18). The number of ether oxygens (including phenoxy) is 1. The molecule has 1 amide bonds. The van der Waals surface area contributed by atoms with Crippen LogP contribution in [0.25, 0.3) is 0 Å². The van der Waals surface area contributed by atoms with E-state index < -0.39 is 16.1 Å². The summed E-state index contributed by atoms with van der Waals surface area (Å²) < 4.78 is 33.6. The van der Waals surface area contributed by atoms with Crippen LogP contribution in [0.2, 0.25) is 0 Å². The molecule has 1 heterocycles. The van der Waals surface area contributed by atoms with Gasteiger partial charge in [0.2, 0.25) is 0 Å². The quantitative estimate of drug-likeness (QED) is 0.894. The molecule has 3 rings (SSSR count). The van der Waals surface area contributed by atoms with Gasteiger partial charge in [0.05, 0.1) is 11.7 Å². The number of carbonyl (C=O) groups excluding carboxylic acids is 1. The van der Waals surface area contributed by atoms with Gasteiger partial charge in [-0.3, -0.25) is 4.79 Å². The predicted molar refractivity (Wildman–Crippen MR) is 81.9 cm³/mol. The molecule has 22 heavy (non-hydrogen) atoms. The van der Waals surface area contributed by atoms with E-state index in [2.05, 4.69) is 4.72 Å². The fraction of sp³-hybridized carbons (Fsp3) is 0.533. The molecule has 0 unspecified atom stereocenters. The molecule has 0 radical (unpaired) electrons. The predicted octanol–water partition coefficient (Wildman–Crippen LogP) is 1.69. The number of nitrogens with zero attached hydrogens (tertiary/aromatic N) is 1. The minimum atomic E-state index is -3.77. The lowest BCUT2D eigenvalue weighted by Crippen LogP contribution is -2.42.